The number of amides is 3. The molecule has 3 amide bonds. The number of carbonyl (C=O) groups excluding carboxylic acids is 3. The Morgan fingerprint density at radius 2 is 1.27 bits per heavy atom. The van der Waals surface area contributed by atoms with Crippen LogP contribution in [0.1, 0.15) is 53.9 Å². The second kappa shape index (κ2) is 10.2. The van der Waals surface area contributed by atoms with Gasteiger partial charge in [0.25, 0.3) is 0 Å². The van der Waals surface area contributed by atoms with Crippen LogP contribution in [0.3, 0.4) is 0 Å². The van der Waals surface area contributed by atoms with Crippen molar-refractivity contribution in [3.63, 3.8) is 0 Å². The summed E-state index contributed by atoms with van der Waals surface area (Å²) in [7, 11) is 0. The van der Waals surface area contributed by atoms with Crippen molar-refractivity contribution in [3.05, 3.63) is 0 Å². The molecular weight excluding hydrogens is 282 g/mol. The van der Waals surface area contributed by atoms with Crippen molar-refractivity contribution in [1.29, 1.82) is 0 Å². The summed E-state index contributed by atoms with van der Waals surface area (Å²) in [6, 6.07) is 0. The zero-order valence-corrected chi connectivity index (χ0v) is 14.5. The summed E-state index contributed by atoms with van der Waals surface area (Å²) in [5.41, 5.74) is -0.0450. The molecule has 0 unspecified atom stereocenters. The van der Waals surface area contributed by atoms with Gasteiger partial charge >= 0.3 is 0 Å². The van der Waals surface area contributed by atoms with Gasteiger partial charge in [0.2, 0.25) is 17.7 Å². The van der Waals surface area contributed by atoms with Crippen molar-refractivity contribution in [2.75, 3.05) is 19.6 Å². The quantitative estimate of drug-likeness (QED) is 0.559. The van der Waals surface area contributed by atoms with Crippen LogP contribution in [-0.2, 0) is 14.4 Å². The molecule has 3 N–H and O–H groups in total. The summed E-state index contributed by atoms with van der Waals surface area (Å²) in [4.78, 5) is 34.6. The van der Waals surface area contributed by atoms with Crippen molar-refractivity contribution >= 4 is 17.7 Å². The Kier molecular flexibility index (Phi) is 9.45. The van der Waals surface area contributed by atoms with E-state index in [-0.39, 0.29) is 36.0 Å². The minimum atomic E-state index is -0.176. The smallest absolute Gasteiger partial charge is 0.220 e. The molecule has 0 fully saturated rings. The maximum Gasteiger partial charge on any atom is 0.220 e. The number of rotatable bonds is 9. The normalized spacial score (nSPS) is 11.2. The summed E-state index contributed by atoms with van der Waals surface area (Å²) >= 11 is 0. The molecule has 0 aromatic carbocycles. The first kappa shape index (κ1) is 20.4. The number of nitrogens with one attached hydrogen (secondary N) is 3. The molecule has 0 heterocycles. The van der Waals surface area contributed by atoms with E-state index in [1.54, 1.807) is 0 Å². The third-order valence-electron chi connectivity index (χ3n) is 2.75. The van der Waals surface area contributed by atoms with E-state index >= 15 is 0 Å². The van der Waals surface area contributed by atoms with Crippen LogP contribution in [0.5, 0.6) is 0 Å². The summed E-state index contributed by atoms with van der Waals surface area (Å²) in [5, 5.41) is 8.21. The van der Waals surface area contributed by atoms with Gasteiger partial charge in [0, 0.05) is 38.9 Å². The molecule has 0 aliphatic carbocycles. The average Bonchev–Trinajstić information content (AvgIpc) is 2.37. The van der Waals surface area contributed by atoms with E-state index < -0.39 is 0 Å². The Balaban J connectivity index is 3.66. The third kappa shape index (κ3) is 13.4. The van der Waals surface area contributed by atoms with Crippen LogP contribution < -0.4 is 16.0 Å². The maximum atomic E-state index is 11.6. The van der Waals surface area contributed by atoms with E-state index in [1.807, 2.05) is 34.6 Å². The van der Waals surface area contributed by atoms with E-state index in [0.717, 1.165) is 0 Å². The van der Waals surface area contributed by atoms with Crippen LogP contribution in [0.25, 0.3) is 0 Å². The molecule has 0 aliphatic heterocycles. The number of carbonyl (C=O) groups is 3. The summed E-state index contributed by atoms with van der Waals surface area (Å²) in [5.74, 6) is 0.0939. The van der Waals surface area contributed by atoms with Crippen LogP contribution in [0.15, 0.2) is 0 Å². The first-order valence-corrected chi connectivity index (χ1v) is 7.90. The lowest BCUT2D eigenvalue weighted by molar-refractivity contribution is -0.126. The number of hydrogen-bond donors (Lipinski definition) is 3. The van der Waals surface area contributed by atoms with Gasteiger partial charge in [-0.1, -0.05) is 34.6 Å². The fraction of sp³-hybridized carbons (Fsp3) is 0.812. The molecule has 6 nitrogen and oxygen atoms in total. The van der Waals surface area contributed by atoms with Crippen molar-refractivity contribution in [1.82, 2.24) is 16.0 Å². The molecule has 0 aromatic rings. The molecule has 6 heteroatoms. The van der Waals surface area contributed by atoms with Crippen LogP contribution >= 0.6 is 0 Å². The highest BCUT2D eigenvalue weighted by Gasteiger charge is 2.15. The van der Waals surface area contributed by atoms with Gasteiger partial charge < -0.3 is 16.0 Å². The van der Waals surface area contributed by atoms with E-state index in [0.29, 0.717) is 32.0 Å². The highest BCUT2D eigenvalue weighted by Crippen LogP contribution is 2.17. The van der Waals surface area contributed by atoms with Crippen LogP contribution in [-0.4, -0.2) is 37.4 Å². The predicted octanol–water partition coefficient (Wildman–Crippen LogP) is 1.21. The minimum Gasteiger partial charge on any atom is -0.356 e. The lowest BCUT2D eigenvalue weighted by Crippen LogP contribution is -2.36. The fourth-order valence-electron chi connectivity index (χ4n) is 1.67. The Labute approximate surface area is 133 Å². The number of hydrogen-bond acceptors (Lipinski definition) is 3. The largest absolute Gasteiger partial charge is 0.356 e. The van der Waals surface area contributed by atoms with Crippen molar-refractivity contribution in [2.45, 2.75) is 53.9 Å². The van der Waals surface area contributed by atoms with Gasteiger partial charge in [0.1, 0.15) is 0 Å². The lowest BCUT2D eigenvalue weighted by atomic mass is 9.92. The van der Waals surface area contributed by atoms with Gasteiger partial charge in [-0.3, -0.25) is 14.4 Å². The van der Waals surface area contributed by atoms with Crippen molar-refractivity contribution < 1.29 is 14.4 Å². The zero-order valence-electron chi connectivity index (χ0n) is 14.5. The third-order valence-corrected chi connectivity index (χ3v) is 2.75. The summed E-state index contributed by atoms with van der Waals surface area (Å²) in [6.45, 7) is 11.4. The zero-order chi connectivity index (χ0) is 17.2. The van der Waals surface area contributed by atoms with Gasteiger partial charge in [0.05, 0.1) is 0 Å². The Morgan fingerprint density at radius 3 is 1.73 bits per heavy atom. The molecular formula is C16H31N3O3. The average molecular weight is 313 g/mol. The minimum absolute atomic E-state index is 0.0187. The van der Waals surface area contributed by atoms with E-state index in [2.05, 4.69) is 16.0 Å². The SMILES string of the molecule is CC(C)CNC(=O)CCC(=O)NCCNC(=O)CC(C)(C)C. The molecule has 128 valence electrons. The summed E-state index contributed by atoms with van der Waals surface area (Å²) in [6.07, 6.45) is 0.811. The molecule has 0 bridgehead atoms. The Hall–Kier alpha value is -1.59. The predicted molar refractivity (Wildman–Crippen MR) is 87.2 cm³/mol. The second-order valence-corrected chi connectivity index (χ2v) is 7.14. The van der Waals surface area contributed by atoms with Crippen molar-refractivity contribution in [3.8, 4) is 0 Å². The van der Waals surface area contributed by atoms with Crippen LogP contribution in [0.4, 0.5) is 0 Å². The lowest BCUT2D eigenvalue weighted by Gasteiger charge is -2.17. The van der Waals surface area contributed by atoms with Crippen LogP contribution in [0, 0.1) is 11.3 Å². The van der Waals surface area contributed by atoms with Gasteiger partial charge in [-0.2, -0.15) is 0 Å². The van der Waals surface area contributed by atoms with E-state index in [1.165, 1.54) is 0 Å². The molecule has 0 spiro atoms. The van der Waals surface area contributed by atoms with E-state index in [9.17, 15) is 14.4 Å². The first-order valence-electron chi connectivity index (χ1n) is 7.90. The van der Waals surface area contributed by atoms with E-state index in [4.69, 9.17) is 0 Å². The molecule has 0 saturated heterocycles. The fourth-order valence-corrected chi connectivity index (χ4v) is 1.67. The summed E-state index contributed by atoms with van der Waals surface area (Å²) < 4.78 is 0. The van der Waals surface area contributed by atoms with Gasteiger partial charge in [0.15, 0.2) is 0 Å². The molecule has 0 aromatic heterocycles. The Morgan fingerprint density at radius 1 is 0.818 bits per heavy atom. The Bertz CT molecular complexity index is 373. The molecule has 0 rings (SSSR count). The topological polar surface area (TPSA) is 87.3 Å². The van der Waals surface area contributed by atoms with Gasteiger partial charge in [-0.25, -0.2) is 0 Å². The standard InChI is InChI=1S/C16H31N3O3/c1-12(2)11-19-14(21)7-6-13(20)17-8-9-18-15(22)10-16(3,4)5/h12H,6-11H2,1-5H3,(H,17,20)(H,18,22)(H,19,21). The maximum absolute atomic E-state index is 11.6. The highest BCUT2D eigenvalue weighted by atomic mass is 16.2. The molecule has 0 saturated carbocycles. The molecule has 0 atom stereocenters. The molecule has 0 aliphatic rings. The molecule has 22 heavy (non-hydrogen) atoms. The first-order chi connectivity index (χ1) is 10.1. The van der Waals surface area contributed by atoms with Gasteiger partial charge in [-0.05, 0) is 11.3 Å². The highest BCUT2D eigenvalue weighted by molar-refractivity contribution is 5.83. The van der Waals surface area contributed by atoms with Crippen LogP contribution in [0.2, 0.25) is 0 Å². The van der Waals surface area contributed by atoms with Gasteiger partial charge in [-0.15, -0.1) is 0 Å². The second-order valence-electron chi connectivity index (χ2n) is 7.14. The molecule has 0 radical (unpaired) electrons. The monoisotopic (exact) mass is 313 g/mol. The van der Waals surface area contributed by atoms with Crippen molar-refractivity contribution in [2.24, 2.45) is 11.3 Å².